The molecule has 0 aliphatic carbocycles. The lowest BCUT2D eigenvalue weighted by molar-refractivity contribution is -0.118. The number of carbonyl (C=O) groups is 1. The molecule has 10 heteroatoms. The second-order valence-electron chi connectivity index (χ2n) is 9.49. The Balaban J connectivity index is 1.55. The van der Waals surface area contributed by atoms with Gasteiger partial charge in [0, 0.05) is 37.1 Å². The van der Waals surface area contributed by atoms with Gasteiger partial charge in [-0.15, -0.1) is 0 Å². The standard InChI is InChI=1S/C30H26F3N5O2/c1-17-16-38(2)30(40)25-26(17)37-27(28(25)35-21-6-4-3-5-7-21)19-12-13-34-24(14-19)36-29(39)22(15-23(32)33)18-8-10-20(31)11-9-18/h3-14,16,22-23,35,37H,15H2,1-2H3,(H,34,36,39). The molecule has 40 heavy (non-hydrogen) atoms. The third-order valence-corrected chi connectivity index (χ3v) is 6.66. The second-order valence-corrected chi connectivity index (χ2v) is 9.49. The minimum atomic E-state index is -2.75. The maximum absolute atomic E-state index is 13.4. The lowest BCUT2D eigenvalue weighted by Crippen LogP contribution is -2.23. The Morgan fingerprint density at radius 3 is 2.50 bits per heavy atom. The van der Waals surface area contributed by atoms with E-state index < -0.39 is 30.5 Å². The molecule has 7 nitrogen and oxygen atoms in total. The number of nitrogens with zero attached hydrogens (tertiary/aromatic N) is 2. The molecule has 204 valence electrons. The van der Waals surface area contributed by atoms with Crippen LogP contribution < -0.4 is 16.2 Å². The third kappa shape index (κ3) is 5.47. The first-order valence-corrected chi connectivity index (χ1v) is 12.6. The molecule has 3 N–H and O–H groups in total. The van der Waals surface area contributed by atoms with Gasteiger partial charge in [-0.3, -0.25) is 9.59 Å². The minimum Gasteiger partial charge on any atom is -0.353 e. The summed E-state index contributed by atoms with van der Waals surface area (Å²) in [7, 11) is 1.69. The van der Waals surface area contributed by atoms with E-state index in [2.05, 4.69) is 20.6 Å². The summed E-state index contributed by atoms with van der Waals surface area (Å²) < 4.78 is 41.6. The Labute approximate surface area is 227 Å². The minimum absolute atomic E-state index is 0.137. The lowest BCUT2D eigenvalue weighted by atomic mass is 9.95. The quantitative estimate of drug-likeness (QED) is 0.208. The monoisotopic (exact) mass is 545 g/mol. The van der Waals surface area contributed by atoms with Gasteiger partial charge >= 0.3 is 0 Å². The maximum atomic E-state index is 13.4. The van der Waals surface area contributed by atoms with Crippen molar-refractivity contribution < 1.29 is 18.0 Å². The Bertz CT molecular complexity index is 1730. The molecule has 5 aromatic rings. The van der Waals surface area contributed by atoms with Crippen LogP contribution in [0.1, 0.15) is 23.5 Å². The van der Waals surface area contributed by atoms with E-state index in [9.17, 15) is 22.8 Å². The van der Waals surface area contributed by atoms with Crippen LogP contribution in [0.15, 0.2) is 83.9 Å². The molecular formula is C30H26F3N5O2. The number of amides is 1. The number of pyridine rings is 2. The van der Waals surface area contributed by atoms with Crippen molar-refractivity contribution in [3.8, 4) is 11.3 Å². The number of aryl methyl sites for hydroxylation is 2. The number of aromatic nitrogens is 3. The molecule has 3 aromatic heterocycles. The number of rotatable bonds is 8. The fourth-order valence-electron chi connectivity index (χ4n) is 4.74. The fourth-order valence-corrected chi connectivity index (χ4v) is 4.74. The summed E-state index contributed by atoms with van der Waals surface area (Å²) in [4.78, 5) is 33.9. The zero-order valence-corrected chi connectivity index (χ0v) is 21.7. The summed E-state index contributed by atoms with van der Waals surface area (Å²) in [5, 5.41) is 6.45. The number of anilines is 3. The van der Waals surface area contributed by atoms with Crippen molar-refractivity contribution in [3.63, 3.8) is 0 Å². The molecule has 5 rings (SSSR count). The van der Waals surface area contributed by atoms with Gasteiger partial charge in [-0.05, 0) is 54.4 Å². The molecule has 0 saturated heterocycles. The number of aromatic amines is 1. The van der Waals surface area contributed by atoms with Crippen LogP contribution in [0.3, 0.4) is 0 Å². The normalized spacial score (nSPS) is 12.1. The average Bonchev–Trinajstić information content (AvgIpc) is 3.31. The number of nitrogens with one attached hydrogen (secondary N) is 3. The number of alkyl halides is 2. The molecular weight excluding hydrogens is 519 g/mol. The predicted molar refractivity (Wildman–Crippen MR) is 150 cm³/mol. The van der Waals surface area contributed by atoms with Crippen LogP contribution in [-0.2, 0) is 11.8 Å². The molecule has 0 bridgehead atoms. The van der Waals surface area contributed by atoms with E-state index in [0.717, 1.165) is 23.4 Å². The zero-order chi connectivity index (χ0) is 28.4. The van der Waals surface area contributed by atoms with Gasteiger partial charge in [-0.1, -0.05) is 30.3 Å². The number of para-hydroxylation sites is 1. The maximum Gasteiger partial charge on any atom is 0.261 e. The number of halogens is 3. The molecule has 0 saturated carbocycles. The van der Waals surface area contributed by atoms with Gasteiger partial charge in [-0.25, -0.2) is 18.2 Å². The SMILES string of the molecule is Cc1cn(C)c(=O)c2c(Nc3ccccc3)c(-c3ccnc(NC(=O)C(CC(F)F)c4ccc(F)cc4)c3)[nH]c12. The van der Waals surface area contributed by atoms with Crippen molar-refractivity contribution in [2.75, 3.05) is 10.6 Å². The van der Waals surface area contributed by atoms with Crippen molar-refractivity contribution in [2.45, 2.75) is 25.7 Å². The number of H-pyrrole nitrogens is 1. The molecule has 0 spiro atoms. The van der Waals surface area contributed by atoms with Crippen LogP contribution in [0, 0.1) is 12.7 Å². The van der Waals surface area contributed by atoms with E-state index in [4.69, 9.17) is 0 Å². The molecule has 0 radical (unpaired) electrons. The molecule has 0 fully saturated rings. The van der Waals surface area contributed by atoms with Crippen molar-refractivity contribution in [1.82, 2.24) is 14.5 Å². The first kappa shape index (κ1) is 26.7. The highest BCUT2D eigenvalue weighted by Gasteiger charge is 2.26. The highest BCUT2D eigenvalue weighted by Crippen LogP contribution is 2.37. The number of hydrogen-bond acceptors (Lipinski definition) is 4. The second kappa shape index (κ2) is 11.1. The van der Waals surface area contributed by atoms with Crippen molar-refractivity contribution in [1.29, 1.82) is 0 Å². The largest absolute Gasteiger partial charge is 0.353 e. The summed E-state index contributed by atoms with van der Waals surface area (Å²) in [6.45, 7) is 1.89. The van der Waals surface area contributed by atoms with Crippen LogP contribution >= 0.6 is 0 Å². The Kier molecular flexibility index (Phi) is 7.41. The van der Waals surface area contributed by atoms with Gasteiger partial charge in [-0.2, -0.15) is 0 Å². The molecule has 0 aliphatic heterocycles. The van der Waals surface area contributed by atoms with Crippen LogP contribution in [0.4, 0.5) is 30.4 Å². The van der Waals surface area contributed by atoms with Gasteiger partial charge in [0.2, 0.25) is 12.3 Å². The van der Waals surface area contributed by atoms with E-state index in [0.29, 0.717) is 27.8 Å². The van der Waals surface area contributed by atoms with Crippen LogP contribution in [0.25, 0.3) is 22.2 Å². The van der Waals surface area contributed by atoms with Crippen LogP contribution in [0.2, 0.25) is 0 Å². The highest BCUT2D eigenvalue weighted by molar-refractivity contribution is 6.04. The van der Waals surface area contributed by atoms with Crippen LogP contribution in [-0.4, -0.2) is 26.9 Å². The lowest BCUT2D eigenvalue weighted by Gasteiger charge is -2.17. The van der Waals surface area contributed by atoms with E-state index in [1.807, 2.05) is 37.3 Å². The number of carbonyl (C=O) groups excluding carboxylic acids is 1. The van der Waals surface area contributed by atoms with E-state index in [1.54, 1.807) is 25.4 Å². The predicted octanol–water partition coefficient (Wildman–Crippen LogP) is 6.50. The Hall–Kier alpha value is -4.86. The van der Waals surface area contributed by atoms with Crippen molar-refractivity contribution in [3.05, 3.63) is 106 Å². The van der Waals surface area contributed by atoms with Gasteiger partial charge in [0.1, 0.15) is 11.6 Å². The summed E-state index contributed by atoms with van der Waals surface area (Å²) >= 11 is 0. The first-order chi connectivity index (χ1) is 19.2. The zero-order valence-electron chi connectivity index (χ0n) is 21.7. The van der Waals surface area contributed by atoms with Gasteiger partial charge in [0.25, 0.3) is 5.56 Å². The molecule has 3 heterocycles. The summed E-state index contributed by atoms with van der Waals surface area (Å²) in [5.74, 6) is -2.30. The smallest absolute Gasteiger partial charge is 0.261 e. The highest BCUT2D eigenvalue weighted by atomic mass is 19.3. The van der Waals surface area contributed by atoms with Crippen LogP contribution in [0.5, 0.6) is 0 Å². The van der Waals surface area contributed by atoms with Gasteiger partial charge < -0.3 is 20.2 Å². The summed E-state index contributed by atoms with van der Waals surface area (Å²) in [6.07, 6.45) is -0.252. The van der Waals surface area contributed by atoms with E-state index in [1.165, 1.54) is 22.9 Å². The molecule has 1 unspecified atom stereocenters. The van der Waals surface area contributed by atoms with E-state index in [-0.39, 0.29) is 16.9 Å². The first-order valence-electron chi connectivity index (χ1n) is 12.6. The molecule has 0 aliphatic rings. The summed E-state index contributed by atoms with van der Waals surface area (Å²) in [5.41, 5.74) is 4.11. The van der Waals surface area contributed by atoms with Gasteiger partial charge in [0.05, 0.1) is 28.2 Å². The molecule has 1 atom stereocenters. The van der Waals surface area contributed by atoms with Crippen molar-refractivity contribution >= 4 is 34.0 Å². The Morgan fingerprint density at radius 1 is 1.07 bits per heavy atom. The molecule has 2 aromatic carbocycles. The third-order valence-electron chi connectivity index (χ3n) is 6.66. The number of benzene rings is 2. The van der Waals surface area contributed by atoms with Gasteiger partial charge in [0.15, 0.2) is 0 Å². The Morgan fingerprint density at radius 2 is 1.80 bits per heavy atom. The molecule has 1 amide bonds. The average molecular weight is 546 g/mol. The topological polar surface area (TPSA) is 91.8 Å². The summed E-state index contributed by atoms with van der Waals surface area (Å²) in [6, 6.07) is 17.6. The fraction of sp³-hybridized carbons (Fsp3) is 0.167. The number of hydrogen-bond donors (Lipinski definition) is 3. The van der Waals surface area contributed by atoms with E-state index >= 15 is 0 Å². The van der Waals surface area contributed by atoms with Crippen molar-refractivity contribution in [2.24, 2.45) is 7.05 Å². The number of fused-ring (bicyclic) bond motifs is 1.